The second-order valence-electron chi connectivity index (χ2n) is 9.93. The highest BCUT2D eigenvalue weighted by Gasteiger charge is 2.20. The number of carboxylic acids is 4. The number of nitrogens with zero attached hydrogens (tertiary/aromatic N) is 2. The molecule has 11 heteroatoms. The Bertz CT molecular complexity index is 1340. The van der Waals surface area contributed by atoms with Gasteiger partial charge in [-0.1, -0.05) is 84.4 Å². The van der Waals surface area contributed by atoms with E-state index in [1.165, 1.54) is 16.7 Å². The van der Waals surface area contributed by atoms with Crippen molar-refractivity contribution in [3.8, 4) is 0 Å². The molecule has 0 radical (unpaired) electrons. The van der Waals surface area contributed by atoms with Crippen LogP contribution in [0.5, 0.6) is 0 Å². The Morgan fingerprint density at radius 3 is 1.44 bits per heavy atom. The lowest BCUT2D eigenvalue weighted by Crippen LogP contribution is -2.46. The molecule has 0 saturated carbocycles. The zero-order valence-corrected chi connectivity index (χ0v) is 25.4. The predicted octanol–water partition coefficient (Wildman–Crippen LogP) is 5.10. The van der Waals surface area contributed by atoms with E-state index in [0.29, 0.717) is 30.2 Å². The van der Waals surface area contributed by atoms with Gasteiger partial charge in [0.05, 0.1) is 0 Å². The summed E-state index contributed by atoms with van der Waals surface area (Å²) < 4.78 is 0. The molecule has 1 saturated heterocycles. The van der Waals surface area contributed by atoms with Crippen LogP contribution in [0.1, 0.15) is 29.0 Å². The van der Waals surface area contributed by atoms with Crippen LogP contribution in [-0.4, -0.2) is 86.8 Å². The van der Waals surface area contributed by atoms with Crippen LogP contribution in [0.4, 0.5) is 0 Å². The fourth-order valence-electron chi connectivity index (χ4n) is 4.52. The Morgan fingerprint density at radius 1 is 0.600 bits per heavy atom. The fourth-order valence-corrected chi connectivity index (χ4v) is 4.64. The highest BCUT2D eigenvalue weighted by Crippen LogP contribution is 2.29. The van der Waals surface area contributed by atoms with E-state index in [1.54, 1.807) is 0 Å². The van der Waals surface area contributed by atoms with Crippen LogP contribution >= 0.6 is 11.6 Å². The first kappa shape index (κ1) is 36.4. The summed E-state index contributed by atoms with van der Waals surface area (Å²) in [4.78, 5) is 43.4. The van der Waals surface area contributed by atoms with Crippen molar-refractivity contribution in [2.75, 3.05) is 32.7 Å². The highest BCUT2D eigenvalue weighted by molar-refractivity contribution is 6.30. The molecule has 0 aliphatic carbocycles. The maximum atomic E-state index is 9.55. The number of piperazine rings is 1. The van der Waals surface area contributed by atoms with Gasteiger partial charge in [0.15, 0.2) is 0 Å². The van der Waals surface area contributed by atoms with Crippen LogP contribution in [0.2, 0.25) is 5.02 Å². The lowest BCUT2D eigenvalue weighted by Gasteiger charge is -2.35. The standard InChI is InChI=1S/C26H29ClN2.2C4H4O4/c27-25-13-11-24(12-14-25)26(23-9-5-2-6-10-23)15-16-28-17-19-29(20-18-28)21-22-7-3-1-4-8-22;2*5-3(6)1-2-4(7)8/h1-14,26H,15-21H2;2*1-2H,(H,5,6)(H,7,8)/b;2*2-1-. The van der Waals surface area contributed by atoms with Crippen molar-refractivity contribution in [1.29, 1.82) is 0 Å². The van der Waals surface area contributed by atoms with Gasteiger partial charge in [-0.05, 0) is 41.8 Å². The first-order valence-electron chi connectivity index (χ1n) is 14.1. The van der Waals surface area contributed by atoms with Crippen LogP contribution in [-0.2, 0) is 25.7 Å². The maximum absolute atomic E-state index is 9.55. The Hall–Kier alpha value is -4.77. The Kier molecular flexibility index (Phi) is 16.4. The van der Waals surface area contributed by atoms with Crippen molar-refractivity contribution in [1.82, 2.24) is 9.80 Å². The van der Waals surface area contributed by atoms with E-state index in [1.807, 2.05) is 12.1 Å². The third-order valence-corrected chi connectivity index (χ3v) is 6.91. The quantitative estimate of drug-likeness (QED) is 0.209. The molecule has 1 atom stereocenters. The van der Waals surface area contributed by atoms with Gasteiger partial charge in [-0.3, -0.25) is 4.90 Å². The van der Waals surface area contributed by atoms with Crippen molar-refractivity contribution in [3.63, 3.8) is 0 Å². The van der Waals surface area contributed by atoms with Gasteiger partial charge in [-0.25, -0.2) is 19.2 Å². The van der Waals surface area contributed by atoms with Gasteiger partial charge in [0.1, 0.15) is 0 Å². The summed E-state index contributed by atoms with van der Waals surface area (Å²) in [5.41, 5.74) is 4.15. The number of aliphatic carboxylic acids is 4. The molecule has 1 fully saturated rings. The van der Waals surface area contributed by atoms with Crippen LogP contribution < -0.4 is 0 Å². The van der Waals surface area contributed by atoms with E-state index < -0.39 is 23.9 Å². The molecule has 0 bridgehead atoms. The average Bonchev–Trinajstić information content (AvgIpc) is 3.02. The summed E-state index contributed by atoms with van der Waals surface area (Å²) >= 11 is 6.12. The molecule has 1 aliphatic rings. The molecule has 4 N–H and O–H groups in total. The largest absolute Gasteiger partial charge is 0.478 e. The van der Waals surface area contributed by atoms with Gasteiger partial charge in [-0.2, -0.15) is 0 Å². The molecule has 45 heavy (non-hydrogen) atoms. The normalized spacial score (nSPS) is 14.1. The molecule has 0 spiro atoms. The number of rotatable bonds is 11. The predicted molar refractivity (Wildman–Crippen MR) is 171 cm³/mol. The number of hydrogen-bond donors (Lipinski definition) is 4. The SMILES string of the molecule is Clc1ccc(C(CCN2CCN(Cc3ccccc3)CC2)c2ccccc2)cc1.O=C(O)/C=C\C(=O)O.O=C(O)/C=C\C(=O)O. The molecule has 0 aromatic heterocycles. The fraction of sp³-hybridized carbons (Fsp3) is 0.235. The Morgan fingerprint density at radius 2 is 1.00 bits per heavy atom. The summed E-state index contributed by atoms with van der Waals surface area (Å²) in [6.07, 6.45) is 3.36. The highest BCUT2D eigenvalue weighted by atomic mass is 35.5. The van der Waals surface area contributed by atoms with E-state index in [2.05, 4.69) is 82.6 Å². The van der Waals surface area contributed by atoms with Crippen LogP contribution in [0, 0.1) is 0 Å². The zero-order valence-electron chi connectivity index (χ0n) is 24.6. The topological polar surface area (TPSA) is 156 Å². The molecule has 1 heterocycles. The lowest BCUT2D eigenvalue weighted by atomic mass is 9.88. The molecular weight excluding hydrogens is 600 g/mol. The number of hydrogen-bond acceptors (Lipinski definition) is 6. The summed E-state index contributed by atoms with van der Waals surface area (Å²) in [5.74, 6) is -4.62. The second kappa shape index (κ2) is 20.2. The first-order valence-corrected chi connectivity index (χ1v) is 14.5. The number of carboxylic acid groups (broad SMARTS) is 4. The average molecular weight is 637 g/mol. The second-order valence-corrected chi connectivity index (χ2v) is 10.4. The third-order valence-electron chi connectivity index (χ3n) is 6.66. The van der Waals surface area contributed by atoms with Crippen molar-refractivity contribution in [3.05, 3.63) is 131 Å². The van der Waals surface area contributed by atoms with E-state index in [9.17, 15) is 19.2 Å². The molecule has 3 aromatic rings. The number of halogens is 1. The first-order chi connectivity index (χ1) is 21.5. The van der Waals surface area contributed by atoms with Crippen molar-refractivity contribution in [2.45, 2.75) is 18.9 Å². The number of benzene rings is 3. The Balaban J connectivity index is 0.000000365. The number of carbonyl (C=O) groups is 4. The molecule has 10 nitrogen and oxygen atoms in total. The summed E-state index contributed by atoms with van der Waals surface area (Å²) in [7, 11) is 0. The van der Waals surface area contributed by atoms with E-state index >= 15 is 0 Å². The van der Waals surface area contributed by atoms with Gasteiger partial charge in [0.25, 0.3) is 0 Å². The maximum Gasteiger partial charge on any atom is 0.328 e. The minimum Gasteiger partial charge on any atom is -0.478 e. The van der Waals surface area contributed by atoms with Crippen LogP contribution in [0.3, 0.4) is 0 Å². The van der Waals surface area contributed by atoms with E-state index in [-0.39, 0.29) is 0 Å². The van der Waals surface area contributed by atoms with Gasteiger partial charge in [0, 0.05) is 68.0 Å². The van der Waals surface area contributed by atoms with Crippen LogP contribution in [0.25, 0.3) is 0 Å². The summed E-state index contributed by atoms with van der Waals surface area (Å²) in [5, 5.41) is 32.0. The van der Waals surface area contributed by atoms with E-state index in [0.717, 1.165) is 50.7 Å². The smallest absolute Gasteiger partial charge is 0.328 e. The third kappa shape index (κ3) is 16.0. The molecule has 238 valence electrons. The molecule has 3 aromatic carbocycles. The molecule has 4 rings (SSSR count). The molecule has 1 aliphatic heterocycles. The van der Waals surface area contributed by atoms with Crippen molar-refractivity contribution in [2.24, 2.45) is 0 Å². The van der Waals surface area contributed by atoms with Crippen molar-refractivity contribution < 1.29 is 39.6 Å². The van der Waals surface area contributed by atoms with Gasteiger partial charge >= 0.3 is 23.9 Å². The molecule has 0 amide bonds. The minimum atomic E-state index is -1.26. The van der Waals surface area contributed by atoms with Gasteiger partial charge in [0.2, 0.25) is 0 Å². The molecule has 1 unspecified atom stereocenters. The zero-order chi connectivity index (χ0) is 33.0. The van der Waals surface area contributed by atoms with Gasteiger partial charge in [-0.15, -0.1) is 0 Å². The monoisotopic (exact) mass is 636 g/mol. The molecular formula is C34H37ClN2O8. The lowest BCUT2D eigenvalue weighted by molar-refractivity contribution is -0.134. The van der Waals surface area contributed by atoms with Gasteiger partial charge < -0.3 is 25.3 Å². The van der Waals surface area contributed by atoms with E-state index in [4.69, 9.17) is 32.0 Å². The summed E-state index contributed by atoms with van der Waals surface area (Å²) in [6, 6.07) is 30.0. The Labute approximate surface area is 267 Å². The van der Waals surface area contributed by atoms with Crippen LogP contribution in [0.15, 0.2) is 109 Å². The van der Waals surface area contributed by atoms with Crippen molar-refractivity contribution >= 4 is 35.5 Å². The minimum absolute atomic E-state index is 0.413. The summed E-state index contributed by atoms with van der Waals surface area (Å²) in [6.45, 7) is 6.77.